The molecule has 1 aliphatic heterocycles. The van der Waals surface area contributed by atoms with Crippen molar-refractivity contribution in [1.82, 2.24) is 0 Å². The van der Waals surface area contributed by atoms with Crippen molar-refractivity contribution in [2.75, 3.05) is 11.6 Å². The molecule has 2 N–H and O–H groups in total. The summed E-state index contributed by atoms with van der Waals surface area (Å²) in [7, 11) is -3.80. The van der Waals surface area contributed by atoms with E-state index in [0.717, 1.165) is 5.56 Å². The first-order valence-electron chi connectivity index (χ1n) is 8.20. The van der Waals surface area contributed by atoms with E-state index in [2.05, 4.69) is 11.0 Å². The Labute approximate surface area is 163 Å². The van der Waals surface area contributed by atoms with Gasteiger partial charge in [0.05, 0.1) is 21.9 Å². The zero-order valence-corrected chi connectivity index (χ0v) is 15.8. The number of carbonyl (C=O) groups excluding carboxylic acids is 1. The van der Waals surface area contributed by atoms with Gasteiger partial charge in [-0.05, 0) is 55.0 Å². The molecule has 0 saturated heterocycles. The van der Waals surface area contributed by atoms with Crippen LogP contribution >= 0.6 is 0 Å². The molecular formula is C20H17N3O4S. The molecule has 1 aliphatic rings. The third kappa shape index (κ3) is 4.11. The van der Waals surface area contributed by atoms with Crippen molar-refractivity contribution in [3.63, 3.8) is 0 Å². The van der Waals surface area contributed by atoms with Gasteiger partial charge in [0.25, 0.3) is 5.91 Å². The molecule has 1 amide bonds. The van der Waals surface area contributed by atoms with Crippen molar-refractivity contribution >= 4 is 33.4 Å². The van der Waals surface area contributed by atoms with Crippen molar-refractivity contribution in [3.05, 3.63) is 59.7 Å². The van der Waals surface area contributed by atoms with E-state index >= 15 is 0 Å². The second kappa shape index (κ2) is 7.68. The molecule has 2 aromatic carbocycles. The zero-order valence-electron chi connectivity index (χ0n) is 15.0. The van der Waals surface area contributed by atoms with Gasteiger partial charge in [0.15, 0.2) is 0 Å². The number of rotatable bonds is 5. The summed E-state index contributed by atoms with van der Waals surface area (Å²) in [5, 5.41) is 10.6. The van der Waals surface area contributed by atoms with Gasteiger partial charge < -0.3 is 4.74 Å². The molecule has 2 aromatic rings. The molecule has 0 bridgehead atoms. The van der Waals surface area contributed by atoms with Gasteiger partial charge in [-0.15, -0.1) is 6.42 Å². The monoisotopic (exact) mass is 395 g/mol. The van der Waals surface area contributed by atoms with E-state index in [1.54, 1.807) is 31.2 Å². The Balaban J connectivity index is 1.87. The van der Waals surface area contributed by atoms with Crippen LogP contribution in [0.15, 0.2) is 64.1 Å². The fourth-order valence-corrected chi connectivity index (χ4v) is 3.14. The maximum Gasteiger partial charge on any atom is 0.280 e. The van der Waals surface area contributed by atoms with Gasteiger partial charge in [0, 0.05) is 0 Å². The number of anilines is 1. The van der Waals surface area contributed by atoms with Gasteiger partial charge in [-0.1, -0.05) is 18.1 Å². The molecule has 0 saturated carbocycles. The highest BCUT2D eigenvalue weighted by Gasteiger charge is 2.28. The quantitative estimate of drug-likeness (QED) is 0.619. The van der Waals surface area contributed by atoms with Crippen molar-refractivity contribution in [2.45, 2.75) is 11.8 Å². The van der Waals surface area contributed by atoms with E-state index in [1.165, 1.54) is 29.3 Å². The van der Waals surface area contributed by atoms with Crippen LogP contribution in [0.25, 0.3) is 6.08 Å². The molecule has 0 aliphatic carbocycles. The summed E-state index contributed by atoms with van der Waals surface area (Å²) >= 11 is 0. The van der Waals surface area contributed by atoms with E-state index in [4.69, 9.17) is 16.3 Å². The van der Waals surface area contributed by atoms with Crippen LogP contribution in [0.4, 0.5) is 5.69 Å². The minimum atomic E-state index is -3.80. The second-order valence-electron chi connectivity index (χ2n) is 5.96. The van der Waals surface area contributed by atoms with Gasteiger partial charge in [0.2, 0.25) is 10.0 Å². The second-order valence-corrected chi connectivity index (χ2v) is 7.53. The van der Waals surface area contributed by atoms with E-state index in [1.807, 2.05) is 6.07 Å². The molecule has 3 rings (SSSR count). The summed E-state index contributed by atoms with van der Waals surface area (Å²) in [5.74, 6) is 2.67. The van der Waals surface area contributed by atoms with Gasteiger partial charge in [-0.2, -0.15) is 10.1 Å². The summed E-state index contributed by atoms with van der Waals surface area (Å²) in [6.07, 6.45) is 6.90. The summed E-state index contributed by atoms with van der Waals surface area (Å²) in [5.41, 5.74) is 2.16. The molecule has 0 atom stereocenters. The standard InChI is InChI=1S/C20H17N3O4S/c1-3-11-27-17-6-4-5-15(12-17)13-19-14(2)22-23(20(19)24)16-7-9-18(10-8-16)28(21,25)26/h1,4-10,12-13H,11H2,2H3,(H2,21,25,26). The van der Waals surface area contributed by atoms with Crippen LogP contribution in [-0.4, -0.2) is 26.6 Å². The average Bonchev–Trinajstić information content (AvgIpc) is 2.94. The van der Waals surface area contributed by atoms with Gasteiger partial charge >= 0.3 is 0 Å². The highest BCUT2D eigenvalue weighted by Crippen LogP contribution is 2.26. The summed E-state index contributed by atoms with van der Waals surface area (Å²) < 4.78 is 28.1. The fraction of sp³-hybridized carbons (Fsp3) is 0.100. The molecule has 0 aromatic heterocycles. The van der Waals surface area contributed by atoms with Crippen molar-refractivity contribution in [1.29, 1.82) is 0 Å². The summed E-state index contributed by atoms with van der Waals surface area (Å²) in [6, 6.07) is 12.8. The van der Waals surface area contributed by atoms with E-state index in [9.17, 15) is 13.2 Å². The molecular weight excluding hydrogens is 378 g/mol. The van der Waals surface area contributed by atoms with E-state index in [0.29, 0.717) is 22.7 Å². The number of nitrogens with zero attached hydrogens (tertiary/aromatic N) is 2. The van der Waals surface area contributed by atoms with E-state index in [-0.39, 0.29) is 17.4 Å². The first kappa shape index (κ1) is 19.4. The predicted molar refractivity (Wildman–Crippen MR) is 107 cm³/mol. The van der Waals surface area contributed by atoms with Crippen LogP contribution in [-0.2, 0) is 14.8 Å². The number of hydrogen-bond acceptors (Lipinski definition) is 5. The van der Waals surface area contributed by atoms with Crippen molar-refractivity contribution in [3.8, 4) is 18.1 Å². The maximum atomic E-state index is 12.8. The first-order chi connectivity index (χ1) is 13.3. The molecule has 8 heteroatoms. The van der Waals surface area contributed by atoms with Crippen LogP contribution in [0.5, 0.6) is 5.75 Å². The molecule has 0 radical (unpaired) electrons. The van der Waals surface area contributed by atoms with Crippen LogP contribution in [0.2, 0.25) is 0 Å². The third-order valence-electron chi connectivity index (χ3n) is 3.96. The average molecular weight is 395 g/mol. The van der Waals surface area contributed by atoms with Gasteiger partial charge in [0.1, 0.15) is 12.4 Å². The number of primary sulfonamides is 1. The summed E-state index contributed by atoms with van der Waals surface area (Å²) in [4.78, 5) is 12.8. The van der Waals surface area contributed by atoms with Crippen molar-refractivity contribution in [2.24, 2.45) is 10.2 Å². The highest BCUT2D eigenvalue weighted by molar-refractivity contribution is 7.89. The molecule has 28 heavy (non-hydrogen) atoms. The van der Waals surface area contributed by atoms with Crippen molar-refractivity contribution < 1.29 is 17.9 Å². The number of carbonyl (C=O) groups is 1. The Kier molecular flexibility index (Phi) is 5.31. The number of amides is 1. The lowest BCUT2D eigenvalue weighted by molar-refractivity contribution is -0.114. The number of terminal acetylenes is 1. The Morgan fingerprint density at radius 3 is 2.61 bits per heavy atom. The third-order valence-corrected chi connectivity index (χ3v) is 4.89. The van der Waals surface area contributed by atoms with Gasteiger partial charge in [-0.3, -0.25) is 4.79 Å². The zero-order chi connectivity index (χ0) is 20.3. The number of hydrazone groups is 1. The van der Waals surface area contributed by atoms with Crippen LogP contribution < -0.4 is 14.9 Å². The molecule has 142 valence electrons. The molecule has 1 heterocycles. The Morgan fingerprint density at radius 1 is 1.25 bits per heavy atom. The summed E-state index contributed by atoms with van der Waals surface area (Å²) in [6.45, 7) is 1.88. The molecule has 0 spiro atoms. The Bertz CT molecular complexity index is 1130. The smallest absolute Gasteiger partial charge is 0.280 e. The Morgan fingerprint density at radius 2 is 1.96 bits per heavy atom. The molecule has 7 nitrogen and oxygen atoms in total. The molecule has 0 fully saturated rings. The first-order valence-corrected chi connectivity index (χ1v) is 9.75. The van der Waals surface area contributed by atoms with Crippen LogP contribution in [0, 0.1) is 12.3 Å². The fourth-order valence-electron chi connectivity index (χ4n) is 2.62. The minimum Gasteiger partial charge on any atom is -0.481 e. The largest absolute Gasteiger partial charge is 0.481 e. The highest BCUT2D eigenvalue weighted by atomic mass is 32.2. The number of sulfonamides is 1. The SMILES string of the molecule is C#CCOc1cccc(C=C2C(=O)N(c3ccc(S(N)(=O)=O)cc3)N=C2C)c1. The number of ether oxygens (including phenoxy) is 1. The number of benzene rings is 2. The molecule has 0 unspecified atom stereocenters. The lowest BCUT2D eigenvalue weighted by Crippen LogP contribution is -2.21. The number of nitrogens with two attached hydrogens (primary N) is 1. The predicted octanol–water partition coefficient (Wildman–Crippen LogP) is 2.15. The minimum absolute atomic E-state index is 0.0388. The van der Waals surface area contributed by atoms with Crippen LogP contribution in [0.3, 0.4) is 0 Å². The van der Waals surface area contributed by atoms with E-state index < -0.39 is 10.0 Å². The normalized spacial score (nSPS) is 15.5. The van der Waals surface area contributed by atoms with Gasteiger partial charge in [-0.25, -0.2) is 13.6 Å². The van der Waals surface area contributed by atoms with Crippen LogP contribution in [0.1, 0.15) is 12.5 Å². The lowest BCUT2D eigenvalue weighted by Gasteiger charge is -2.12. The lowest BCUT2D eigenvalue weighted by atomic mass is 10.1. The maximum absolute atomic E-state index is 12.8. The number of hydrogen-bond donors (Lipinski definition) is 1. The topological polar surface area (TPSA) is 102 Å². The Hall–Kier alpha value is -3.41.